The molecule has 1 aromatic rings. The molecule has 15 heavy (non-hydrogen) atoms. The first-order valence-corrected chi connectivity index (χ1v) is 5.76. The van der Waals surface area contributed by atoms with Crippen LogP contribution in [0.1, 0.15) is 24.8 Å². The highest BCUT2D eigenvalue weighted by Gasteiger charge is 2.29. The Morgan fingerprint density at radius 2 is 2.40 bits per heavy atom. The second kappa shape index (κ2) is 3.78. The number of nitrogens with one attached hydrogen (secondary N) is 1. The Morgan fingerprint density at radius 1 is 1.40 bits per heavy atom. The van der Waals surface area contributed by atoms with Gasteiger partial charge >= 0.3 is 0 Å². The van der Waals surface area contributed by atoms with Gasteiger partial charge in [0.05, 0.1) is 0 Å². The second-order valence-electron chi connectivity index (χ2n) is 4.52. The summed E-state index contributed by atoms with van der Waals surface area (Å²) < 4.78 is 0. The summed E-state index contributed by atoms with van der Waals surface area (Å²) in [4.78, 5) is 4.18. The number of rotatable bonds is 1. The summed E-state index contributed by atoms with van der Waals surface area (Å²) in [5.74, 6) is 0.880. The molecule has 2 atom stereocenters. The summed E-state index contributed by atoms with van der Waals surface area (Å²) in [5.41, 5.74) is 2.77. The minimum absolute atomic E-state index is 0.713. The van der Waals surface area contributed by atoms with Crippen molar-refractivity contribution < 1.29 is 0 Å². The first-order valence-electron chi connectivity index (χ1n) is 5.76. The lowest BCUT2D eigenvalue weighted by Gasteiger charge is -2.25. The predicted molar refractivity (Wildman–Crippen MR) is 61.3 cm³/mol. The number of nitrogens with zero attached hydrogens (tertiary/aromatic N) is 1. The van der Waals surface area contributed by atoms with Crippen LogP contribution in [-0.2, 0) is 0 Å². The molecule has 0 radical (unpaired) electrons. The third-order valence-electron chi connectivity index (χ3n) is 3.63. The van der Waals surface area contributed by atoms with Crippen LogP contribution < -0.4 is 5.32 Å². The second-order valence-corrected chi connectivity index (χ2v) is 4.52. The Bertz CT molecular complexity index is 369. The highest BCUT2D eigenvalue weighted by Crippen LogP contribution is 2.34. The number of fused-ring (bicyclic) bond motifs is 1. The summed E-state index contributed by atoms with van der Waals surface area (Å²) in [6.45, 7) is 1.20. The van der Waals surface area contributed by atoms with Crippen LogP contribution in [0, 0.1) is 5.92 Å². The van der Waals surface area contributed by atoms with Crippen LogP contribution in [-0.4, -0.2) is 17.6 Å². The third kappa shape index (κ3) is 1.70. The Kier molecular flexibility index (Phi) is 2.29. The molecule has 0 aromatic carbocycles. The van der Waals surface area contributed by atoms with Crippen LogP contribution in [0.2, 0.25) is 0 Å². The van der Waals surface area contributed by atoms with Gasteiger partial charge in [-0.25, -0.2) is 0 Å². The maximum Gasteiger partial charge on any atom is 0.0342 e. The zero-order valence-electron chi connectivity index (χ0n) is 8.82. The fraction of sp³-hybridized carbons (Fsp3) is 0.462. The van der Waals surface area contributed by atoms with Crippen molar-refractivity contribution in [3.8, 4) is 0 Å². The van der Waals surface area contributed by atoms with Gasteiger partial charge in [0.2, 0.25) is 0 Å². The lowest BCUT2D eigenvalue weighted by Crippen LogP contribution is -2.29. The van der Waals surface area contributed by atoms with E-state index in [0.717, 1.165) is 5.92 Å². The molecule has 78 valence electrons. The van der Waals surface area contributed by atoms with E-state index in [2.05, 4.69) is 22.4 Å². The highest BCUT2D eigenvalue weighted by atomic mass is 15.0. The quantitative estimate of drug-likeness (QED) is 0.752. The van der Waals surface area contributed by atoms with Gasteiger partial charge in [0, 0.05) is 18.4 Å². The van der Waals surface area contributed by atoms with Crippen molar-refractivity contribution in [1.82, 2.24) is 10.3 Å². The standard InChI is InChI=1S/C13H16N2/c1-2-12(9-14-6-1)11-4-3-10-5-7-15-13(10)8-11/h1-2,4,6,9-10,13,15H,3,5,7-8H2/t10-,13-/m1/s1. The maximum absolute atomic E-state index is 4.18. The molecule has 1 aliphatic heterocycles. The summed E-state index contributed by atoms with van der Waals surface area (Å²) in [6, 6.07) is 4.89. The average Bonchev–Trinajstić information content (AvgIpc) is 2.77. The molecule has 0 saturated carbocycles. The van der Waals surface area contributed by atoms with Gasteiger partial charge in [0.25, 0.3) is 0 Å². The number of pyridine rings is 1. The largest absolute Gasteiger partial charge is 0.313 e. The van der Waals surface area contributed by atoms with E-state index in [1.807, 2.05) is 18.5 Å². The maximum atomic E-state index is 4.18. The lowest BCUT2D eigenvalue weighted by molar-refractivity contribution is 0.445. The van der Waals surface area contributed by atoms with Crippen molar-refractivity contribution in [3.05, 3.63) is 36.2 Å². The molecule has 2 nitrogen and oxygen atoms in total. The van der Waals surface area contributed by atoms with Crippen molar-refractivity contribution in [2.24, 2.45) is 5.92 Å². The first kappa shape index (κ1) is 9.10. The highest BCUT2D eigenvalue weighted by molar-refractivity contribution is 5.66. The zero-order valence-corrected chi connectivity index (χ0v) is 8.82. The molecule has 3 rings (SSSR count). The van der Waals surface area contributed by atoms with E-state index in [4.69, 9.17) is 0 Å². The van der Waals surface area contributed by atoms with Crippen molar-refractivity contribution >= 4 is 5.57 Å². The van der Waals surface area contributed by atoms with Crippen LogP contribution in [0.15, 0.2) is 30.6 Å². The predicted octanol–water partition coefficient (Wildman–Crippen LogP) is 2.24. The molecule has 2 aliphatic rings. The smallest absolute Gasteiger partial charge is 0.0342 e. The minimum atomic E-state index is 0.713. The van der Waals surface area contributed by atoms with Crippen LogP contribution in [0.25, 0.3) is 5.57 Å². The van der Waals surface area contributed by atoms with Gasteiger partial charge in [-0.15, -0.1) is 0 Å². The molecule has 1 aliphatic carbocycles. The van der Waals surface area contributed by atoms with Crippen LogP contribution in [0.4, 0.5) is 0 Å². The number of hydrogen-bond donors (Lipinski definition) is 1. The van der Waals surface area contributed by atoms with Gasteiger partial charge in [-0.1, -0.05) is 12.1 Å². The van der Waals surface area contributed by atoms with Crippen molar-refractivity contribution in [1.29, 1.82) is 0 Å². The van der Waals surface area contributed by atoms with Gasteiger partial charge in [-0.2, -0.15) is 0 Å². The van der Waals surface area contributed by atoms with Crippen LogP contribution in [0.5, 0.6) is 0 Å². The Labute approximate surface area is 90.4 Å². The summed E-state index contributed by atoms with van der Waals surface area (Å²) in [5, 5.41) is 3.60. The fourth-order valence-corrected chi connectivity index (χ4v) is 2.75. The molecule has 2 heteroatoms. The minimum Gasteiger partial charge on any atom is -0.313 e. The summed E-state index contributed by atoms with van der Waals surface area (Å²) >= 11 is 0. The van der Waals surface area contributed by atoms with E-state index in [9.17, 15) is 0 Å². The van der Waals surface area contributed by atoms with Crippen LogP contribution in [0.3, 0.4) is 0 Å². The molecule has 0 spiro atoms. The first-order chi connectivity index (χ1) is 7.43. The van der Waals surface area contributed by atoms with Gasteiger partial charge < -0.3 is 5.32 Å². The summed E-state index contributed by atoms with van der Waals surface area (Å²) in [7, 11) is 0. The van der Waals surface area contributed by atoms with E-state index >= 15 is 0 Å². The molecule has 0 unspecified atom stereocenters. The molecule has 1 N–H and O–H groups in total. The molecule has 1 saturated heterocycles. The molecule has 1 aromatic heterocycles. The zero-order chi connectivity index (χ0) is 10.1. The average molecular weight is 200 g/mol. The Morgan fingerprint density at radius 3 is 3.27 bits per heavy atom. The van der Waals surface area contributed by atoms with Gasteiger partial charge in [0.15, 0.2) is 0 Å². The van der Waals surface area contributed by atoms with E-state index in [1.54, 1.807) is 0 Å². The number of hydrogen-bond acceptors (Lipinski definition) is 2. The van der Waals surface area contributed by atoms with E-state index in [0.29, 0.717) is 6.04 Å². The van der Waals surface area contributed by atoms with Crippen LogP contribution >= 0.6 is 0 Å². The van der Waals surface area contributed by atoms with Gasteiger partial charge in [0.1, 0.15) is 0 Å². The monoisotopic (exact) mass is 200 g/mol. The van der Waals surface area contributed by atoms with Crippen molar-refractivity contribution in [2.75, 3.05) is 6.54 Å². The Balaban J connectivity index is 1.84. The molecular formula is C13H16N2. The van der Waals surface area contributed by atoms with Gasteiger partial charge in [-0.05, 0) is 48.9 Å². The number of aromatic nitrogens is 1. The third-order valence-corrected chi connectivity index (χ3v) is 3.63. The fourth-order valence-electron chi connectivity index (χ4n) is 2.75. The Hall–Kier alpha value is -1.15. The molecule has 0 amide bonds. The van der Waals surface area contributed by atoms with E-state index in [1.165, 1.54) is 36.9 Å². The van der Waals surface area contributed by atoms with Gasteiger partial charge in [-0.3, -0.25) is 4.98 Å². The molecule has 1 fully saturated rings. The molecular weight excluding hydrogens is 184 g/mol. The summed E-state index contributed by atoms with van der Waals surface area (Å²) in [6.07, 6.45) is 9.98. The molecule has 2 heterocycles. The number of allylic oxidation sites excluding steroid dienone is 1. The molecule has 0 bridgehead atoms. The van der Waals surface area contributed by atoms with Crippen molar-refractivity contribution in [3.63, 3.8) is 0 Å². The lowest BCUT2D eigenvalue weighted by atomic mass is 9.84. The van der Waals surface area contributed by atoms with E-state index < -0.39 is 0 Å². The SMILES string of the molecule is C1=C(c2cccnc2)C[C@H]2NCC[C@H]2C1. The normalized spacial score (nSPS) is 29.7. The van der Waals surface area contributed by atoms with Crippen molar-refractivity contribution in [2.45, 2.75) is 25.3 Å². The van der Waals surface area contributed by atoms with E-state index in [-0.39, 0.29) is 0 Å². The topological polar surface area (TPSA) is 24.9 Å².